The van der Waals surface area contributed by atoms with Gasteiger partial charge in [0.1, 0.15) is 18.5 Å². The number of nitrogens with zero attached hydrogens (tertiary/aromatic N) is 4. The second kappa shape index (κ2) is 9.27. The van der Waals surface area contributed by atoms with Gasteiger partial charge in [0.15, 0.2) is 5.52 Å². The van der Waals surface area contributed by atoms with Crippen molar-refractivity contribution in [1.29, 1.82) is 0 Å². The lowest BCUT2D eigenvalue weighted by molar-refractivity contribution is -0.0498. The monoisotopic (exact) mass is 466 g/mol. The standard InChI is InChI=1S/C20H20F2N4O5S/c1-32(27,28)26-8-9-29-15(11-26)12-30-19-18-17(23-6-7-24-18)10-16(25-19)13-2-4-14(5-3-13)31-20(21)22/h2-7,10,15,20H,8-9,11-12H2,1H3/t15-/m0/s1. The molecule has 0 amide bonds. The molecule has 12 heteroatoms. The number of fused-ring (bicyclic) bond motifs is 1. The largest absolute Gasteiger partial charge is 0.473 e. The van der Waals surface area contributed by atoms with E-state index in [0.29, 0.717) is 28.8 Å². The normalized spacial score (nSPS) is 17.6. The van der Waals surface area contributed by atoms with Crippen LogP contribution in [0.15, 0.2) is 42.7 Å². The Labute approximate surface area is 183 Å². The van der Waals surface area contributed by atoms with Crippen molar-refractivity contribution < 1.29 is 31.4 Å². The van der Waals surface area contributed by atoms with Crippen molar-refractivity contribution >= 4 is 21.1 Å². The Morgan fingerprint density at radius 1 is 1.22 bits per heavy atom. The van der Waals surface area contributed by atoms with E-state index in [1.54, 1.807) is 18.2 Å². The number of aromatic nitrogens is 3. The Morgan fingerprint density at radius 3 is 2.69 bits per heavy atom. The molecule has 170 valence electrons. The molecule has 2 aromatic heterocycles. The van der Waals surface area contributed by atoms with E-state index in [2.05, 4.69) is 19.7 Å². The third-order valence-corrected chi connectivity index (χ3v) is 6.05. The molecule has 9 nitrogen and oxygen atoms in total. The summed E-state index contributed by atoms with van der Waals surface area (Å²) in [4.78, 5) is 13.1. The van der Waals surface area contributed by atoms with Crippen molar-refractivity contribution in [2.75, 3.05) is 32.6 Å². The first-order valence-electron chi connectivity index (χ1n) is 9.66. The smallest absolute Gasteiger partial charge is 0.387 e. The molecule has 1 aliphatic rings. The lowest BCUT2D eigenvalue weighted by Crippen LogP contribution is -2.47. The van der Waals surface area contributed by atoms with Gasteiger partial charge in [-0.05, 0) is 30.3 Å². The zero-order valence-electron chi connectivity index (χ0n) is 17.0. The maximum atomic E-state index is 12.4. The molecule has 1 fully saturated rings. The van der Waals surface area contributed by atoms with Gasteiger partial charge in [0, 0.05) is 31.0 Å². The summed E-state index contributed by atoms with van der Waals surface area (Å²) in [5, 5.41) is 0. The minimum atomic E-state index is -3.33. The molecule has 0 spiro atoms. The summed E-state index contributed by atoms with van der Waals surface area (Å²) in [5.41, 5.74) is 2.10. The molecule has 0 radical (unpaired) electrons. The Balaban J connectivity index is 1.57. The molecule has 0 saturated carbocycles. The van der Waals surface area contributed by atoms with Crippen LogP contribution in [0.4, 0.5) is 8.78 Å². The van der Waals surface area contributed by atoms with Crippen LogP contribution in [0.3, 0.4) is 0 Å². The summed E-state index contributed by atoms with van der Waals surface area (Å²) >= 11 is 0. The molecular formula is C20H20F2N4O5S. The maximum absolute atomic E-state index is 12.4. The number of hydrogen-bond acceptors (Lipinski definition) is 8. The minimum Gasteiger partial charge on any atom is -0.473 e. The van der Waals surface area contributed by atoms with Crippen LogP contribution in [0.2, 0.25) is 0 Å². The molecule has 32 heavy (non-hydrogen) atoms. The molecule has 0 aliphatic carbocycles. The second-order valence-electron chi connectivity index (χ2n) is 7.06. The van der Waals surface area contributed by atoms with Crippen LogP contribution in [-0.4, -0.2) is 72.9 Å². The molecule has 0 N–H and O–H groups in total. The number of alkyl halides is 2. The van der Waals surface area contributed by atoms with E-state index >= 15 is 0 Å². The van der Waals surface area contributed by atoms with Gasteiger partial charge in [-0.3, -0.25) is 4.98 Å². The number of morpholine rings is 1. The lowest BCUT2D eigenvalue weighted by atomic mass is 10.1. The van der Waals surface area contributed by atoms with Gasteiger partial charge in [0.05, 0.1) is 24.1 Å². The van der Waals surface area contributed by atoms with E-state index in [9.17, 15) is 17.2 Å². The molecule has 1 atom stereocenters. The van der Waals surface area contributed by atoms with Crippen LogP contribution in [0.5, 0.6) is 11.6 Å². The van der Waals surface area contributed by atoms with E-state index in [-0.39, 0.29) is 31.4 Å². The first kappa shape index (κ1) is 22.2. The van der Waals surface area contributed by atoms with Crippen molar-refractivity contribution in [1.82, 2.24) is 19.3 Å². The van der Waals surface area contributed by atoms with Gasteiger partial charge in [0.2, 0.25) is 15.9 Å². The first-order chi connectivity index (χ1) is 15.3. The SMILES string of the molecule is CS(=O)(=O)N1CCO[C@H](COc2nc(-c3ccc(OC(F)F)cc3)cc3nccnc23)C1. The third-order valence-electron chi connectivity index (χ3n) is 4.78. The number of pyridine rings is 1. The van der Waals surface area contributed by atoms with Crippen molar-refractivity contribution in [3.8, 4) is 22.9 Å². The molecule has 4 rings (SSSR count). The predicted octanol–water partition coefficient (Wildman–Crippen LogP) is 2.33. The average molecular weight is 466 g/mol. The Morgan fingerprint density at radius 2 is 1.97 bits per heavy atom. The van der Waals surface area contributed by atoms with Gasteiger partial charge in [0.25, 0.3) is 0 Å². The van der Waals surface area contributed by atoms with Crippen LogP contribution in [0.1, 0.15) is 0 Å². The van der Waals surface area contributed by atoms with E-state index in [4.69, 9.17) is 9.47 Å². The lowest BCUT2D eigenvalue weighted by Gasteiger charge is -2.30. The van der Waals surface area contributed by atoms with Gasteiger partial charge >= 0.3 is 6.61 Å². The van der Waals surface area contributed by atoms with E-state index in [1.165, 1.54) is 28.8 Å². The fourth-order valence-electron chi connectivity index (χ4n) is 3.27. The van der Waals surface area contributed by atoms with E-state index < -0.39 is 22.7 Å². The van der Waals surface area contributed by atoms with Crippen molar-refractivity contribution in [3.05, 3.63) is 42.7 Å². The summed E-state index contributed by atoms with van der Waals surface area (Å²) < 4.78 is 65.6. The van der Waals surface area contributed by atoms with Crippen LogP contribution in [-0.2, 0) is 14.8 Å². The first-order valence-corrected chi connectivity index (χ1v) is 11.5. The van der Waals surface area contributed by atoms with Gasteiger partial charge < -0.3 is 14.2 Å². The summed E-state index contributed by atoms with van der Waals surface area (Å²) in [6, 6.07) is 7.74. The van der Waals surface area contributed by atoms with E-state index in [1.807, 2.05) is 0 Å². The number of benzene rings is 1. The Hall–Kier alpha value is -2.96. The molecular weight excluding hydrogens is 446 g/mol. The molecule has 0 bridgehead atoms. The molecule has 1 aromatic carbocycles. The van der Waals surface area contributed by atoms with Crippen molar-refractivity contribution in [2.45, 2.75) is 12.7 Å². The highest BCUT2D eigenvalue weighted by atomic mass is 32.2. The zero-order valence-corrected chi connectivity index (χ0v) is 17.8. The van der Waals surface area contributed by atoms with Gasteiger partial charge in [-0.1, -0.05) is 0 Å². The topological polar surface area (TPSA) is 104 Å². The molecule has 1 saturated heterocycles. The van der Waals surface area contributed by atoms with Crippen LogP contribution in [0, 0.1) is 0 Å². The van der Waals surface area contributed by atoms with Crippen LogP contribution < -0.4 is 9.47 Å². The quantitative estimate of drug-likeness (QED) is 0.523. The number of halogens is 2. The number of ether oxygens (including phenoxy) is 3. The van der Waals surface area contributed by atoms with Crippen LogP contribution >= 0.6 is 0 Å². The molecule has 0 unspecified atom stereocenters. The third kappa shape index (κ3) is 5.26. The molecule has 3 aromatic rings. The highest BCUT2D eigenvalue weighted by Crippen LogP contribution is 2.28. The second-order valence-corrected chi connectivity index (χ2v) is 9.05. The summed E-state index contributed by atoms with van der Waals surface area (Å²) in [6.07, 6.45) is 3.72. The van der Waals surface area contributed by atoms with Crippen LogP contribution in [0.25, 0.3) is 22.3 Å². The fraction of sp³-hybridized carbons (Fsp3) is 0.350. The predicted molar refractivity (Wildman–Crippen MR) is 111 cm³/mol. The van der Waals surface area contributed by atoms with Crippen molar-refractivity contribution in [3.63, 3.8) is 0 Å². The fourth-order valence-corrected chi connectivity index (χ4v) is 4.11. The van der Waals surface area contributed by atoms with E-state index in [0.717, 1.165) is 6.26 Å². The summed E-state index contributed by atoms with van der Waals surface area (Å²) in [7, 11) is -3.33. The maximum Gasteiger partial charge on any atom is 0.387 e. The highest BCUT2D eigenvalue weighted by molar-refractivity contribution is 7.88. The highest BCUT2D eigenvalue weighted by Gasteiger charge is 2.27. The summed E-state index contributed by atoms with van der Waals surface area (Å²) in [5.74, 6) is 0.240. The number of sulfonamides is 1. The minimum absolute atomic E-state index is 0.0330. The van der Waals surface area contributed by atoms with Gasteiger partial charge in [-0.2, -0.15) is 13.1 Å². The van der Waals surface area contributed by atoms with Gasteiger partial charge in [-0.25, -0.2) is 18.4 Å². The average Bonchev–Trinajstić information content (AvgIpc) is 2.77. The van der Waals surface area contributed by atoms with Gasteiger partial charge in [-0.15, -0.1) is 0 Å². The van der Waals surface area contributed by atoms with Crippen molar-refractivity contribution in [2.24, 2.45) is 0 Å². The Kier molecular flexibility index (Phi) is 6.44. The zero-order chi connectivity index (χ0) is 22.7. The molecule has 1 aliphatic heterocycles. The molecule has 3 heterocycles. The number of rotatable bonds is 7. The Bertz CT molecular complexity index is 1190. The summed E-state index contributed by atoms with van der Waals surface area (Å²) in [6.45, 7) is -2.11. The number of hydrogen-bond donors (Lipinski definition) is 0.